The number of hydrogen-bond acceptors (Lipinski definition) is 3. The van der Waals surface area contributed by atoms with E-state index in [4.69, 9.17) is 0 Å². The molecule has 0 spiro atoms. The number of fused-ring (bicyclic) bond motifs is 1. The zero-order valence-corrected chi connectivity index (χ0v) is 11.4. The summed E-state index contributed by atoms with van der Waals surface area (Å²) < 4.78 is 0. The standard InChI is InChI=1S/C15H18N2O2/c1-15(2,3)9-17-13-10-6-4-5-7-12(10)16-8-11(13)14(18)19/h4-8H,9H2,1-3H3,(H,16,17)(H,18,19). The first-order chi connectivity index (χ1) is 8.88. The number of para-hydroxylation sites is 1. The molecule has 2 aromatic rings. The number of nitrogens with one attached hydrogen (secondary N) is 1. The number of nitrogens with zero attached hydrogens (tertiary/aromatic N) is 1. The number of anilines is 1. The van der Waals surface area contributed by atoms with Gasteiger partial charge in [-0.15, -0.1) is 0 Å². The van der Waals surface area contributed by atoms with Gasteiger partial charge >= 0.3 is 5.97 Å². The summed E-state index contributed by atoms with van der Waals surface area (Å²) in [7, 11) is 0. The van der Waals surface area contributed by atoms with E-state index in [1.54, 1.807) is 0 Å². The molecule has 0 amide bonds. The molecular weight excluding hydrogens is 240 g/mol. The Morgan fingerprint density at radius 2 is 2.00 bits per heavy atom. The number of rotatable bonds is 3. The first-order valence-electron chi connectivity index (χ1n) is 6.23. The van der Waals surface area contributed by atoms with Crippen LogP contribution >= 0.6 is 0 Å². The summed E-state index contributed by atoms with van der Waals surface area (Å²) >= 11 is 0. The Kier molecular flexibility index (Phi) is 3.42. The molecule has 0 aliphatic rings. The third-order valence-corrected chi connectivity index (χ3v) is 2.80. The molecule has 1 heterocycles. The van der Waals surface area contributed by atoms with Gasteiger partial charge in [0.1, 0.15) is 5.56 Å². The Balaban J connectivity index is 2.53. The molecule has 0 fully saturated rings. The Morgan fingerprint density at radius 1 is 1.32 bits per heavy atom. The van der Waals surface area contributed by atoms with Crippen molar-refractivity contribution in [1.82, 2.24) is 4.98 Å². The lowest BCUT2D eigenvalue weighted by Crippen LogP contribution is -2.20. The van der Waals surface area contributed by atoms with Gasteiger partial charge in [0.15, 0.2) is 0 Å². The highest BCUT2D eigenvalue weighted by Gasteiger charge is 2.17. The number of aromatic nitrogens is 1. The first-order valence-corrected chi connectivity index (χ1v) is 6.23. The normalized spacial score (nSPS) is 11.5. The van der Waals surface area contributed by atoms with Crippen LogP contribution in [0.5, 0.6) is 0 Å². The maximum Gasteiger partial charge on any atom is 0.339 e. The molecule has 0 radical (unpaired) electrons. The second-order valence-corrected chi connectivity index (χ2v) is 5.78. The third kappa shape index (κ3) is 3.02. The van der Waals surface area contributed by atoms with E-state index in [-0.39, 0.29) is 11.0 Å². The Bertz CT molecular complexity index is 615. The zero-order valence-electron chi connectivity index (χ0n) is 11.4. The van der Waals surface area contributed by atoms with E-state index in [1.807, 2.05) is 24.3 Å². The van der Waals surface area contributed by atoms with Crippen LogP contribution in [0, 0.1) is 5.41 Å². The highest BCUT2D eigenvalue weighted by Crippen LogP contribution is 2.27. The topological polar surface area (TPSA) is 62.2 Å². The fourth-order valence-corrected chi connectivity index (χ4v) is 1.85. The summed E-state index contributed by atoms with van der Waals surface area (Å²) in [5.41, 5.74) is 1.72. The number of pyridine rings is 1. The van der Waals surface area contributed by atoms with Crippen molar-refractivity contribution in [3.8, 4) is 0 Å². The van der Waals surface area contributed by atoms with E-state index in [0.717, 1.165) is 10.9 Å². The number of carboxylic acids is 1. The summed E-state index contributed by atoms with van der Waals surface area (Å²) in [4.78, 5) is 15.5. The van der Waals surface area contributed by atoms with Crippen molar-refractivity contribution < 1.29 is 9.90 Å². The van der Waals surface area contributed by atoms with Gasteiger partial charge in [-0.1, -0.05) is 39.0 Å². The van der Waals surface area contributed by atoms with Crippen LogP contribution in [0.4, 0.5) is 5.69 Å². The number of carboxylic acid groups (broad SMARTS) is 1. The fraction of sp³-hybridized carbons (Fsp3) is 0.333. The molecule has 1 aromatic carbocycles. The molecule has 2 N–H and O–H groups in total. The highest BCUT2D eigenvalue weighted by atomic mass is 16.4. The summed E-state index contributed by atoms with van der Waals surface area (Å²) in [6.07, 6.45) is 1.41. The van der Waals surface area contributed by atoms with E-state index in [2.05, 4.69) is 31.1 Å². The predicted octanol–water partition coefficient (Wildman–Crippen LogP) is 3.39. The second kappa shape index (κ2) is 4.88. The van der Waals surface area contributed by atoms with Crippen molar-refractivity contribution >= 4 is 22.6 Å². The van der Waals surface area contributed by atoms with Crippen molar-refractivity contribution in [1.29, 1.82) is 0 Å². The summed E-state index contributed by atoms with van der Waals surface area (Å²) in [5, 5.41) is 13.4. The van der Waals surface area contributed by atoms with Crippen molar-refractivity contribution in [3.63, 3.8) is 0 Å². The monoisotopic (exact) mass is 258 g/mol. The highest BCUT2D eigenvalue weighted by molar-refractivity contribution is 6.04. The SMILES string of the molecule is CC(C)(C)CNc1c(C(=O)O)cnc2ccccc12. The molecule has 0 aliphatic carbocycles. The van der Waals surface area contributed by atoms with Crippen LogP contribution in [0.2, 0.25) is 0 Å². The minimum Gasteiger partial charge on any atom is -0.478 e. The predicted molar refractivity (Wildman–Crippen MR) is 76.6 cm³/mol. The lowest BCUT2D eigenvalue weighted by molar-refractivity contribution is 0.0697. The van der Waals surface area contributed by atoms with E-state index in [9.17, 15) is 9.90 Å². The summed E-state index contributed by atoms with van der Waals surface area (Å²) in [6.45, 7) is 7.00. The van der Waals surface area contributed by atoms with Crippen molar-refractivity contribution in [2.24, 2.45) is 5.41 Å². The summed E-state index contributed by atoms with van der Waals surface area (Å²) in [6, 6.07) is 7.55. The maximum absolute atomic E-state index is 11.3. The van der Waals surface area contributed by atoms with Crippen LogP contribution in [0.15, 0.2) is 30.5 Å². The Hall–Kier alpha value is -2.10. The van der Waals surface area contributed by atoms with Crippen LogP contribution in [-0.4, -0.2) is 22.6 Å². The van der Waals surface area contributed by atoms with Crippen LogP contribution in [0.1, 0.15) is 31.1 Å². The number of hydrogen-bond donors (Lipinski definition) is 2. The molecule has 19 heavy (non-hydrogen) atoms. The smallest absolute Gasteiger partial charge is 0.339 e. The molecule has 1 aromatic heterocycles. The molecular formula is C15H18N2O2. The second-order valence-electron chi connectivity index (χ2n) is 5.78. The molecule has 0 atom stereocenters. The van der Waals surface area contributed by atoms with Gasteiger partial charge in [-0.05, 0) is 11.5 Å². The van der Waals surface area contributed by atoms with E-state index in [0.29, 0.717) is 12.2 Å². The molecule has 100 valence electrons. The van der Waals surface area contributed by atoms with Crippen LogP contribution in [-0.2, 0) is 0 Å². The van der Waals surface area contributed by atoms with E-state index in [1.165, 1.54) is 6.20 Å². The van der Waals surface area contributed by atoms with Gasteiger partial charge in [0.2, 0.25) is 0 Å². The van der Waals surface area contributed by atoms with Crippen molar-refractivity contribution in [2.45, 2.75) is 20.8 Å². The van der Waals surface area contributed by atoms with Gasteiger partial charge in [-0.2, -0.15) is 0 Å². The third-order valence-electron chi connectivity index (χ3n) is 2.80. The van der Waals surface area contributed by atoms with Crippen molar-refractivity contribution in [3.05, 3.63) is 36.0 Å². The zero-order chi connectivity index (χ0) is 14.0. The molecule has 0 saturated carbocycles. The molecule has 4 heteroatoms. The molecule has 0 saturated heterocycles. The Morgan fingerprint density at radius 3 is 2.63 bits per heavy atom. The average molecular weight is 258 g/mol. The van der Waals surface area contributed by atoms with Crippen LogP contribution < -0.4 is 5.32 Å². The lowest BCUT2D eigenvalue weighted by Gasteiger charge is -2.21. The molecule has 4 nitrogen and oxygen atoms in total. The van der Waals surface area contributed by atoms with Crippen LogP contribution in [0.3, 0.4) is 0 Å². The van der Waals surface area contributed by atoms with Gasteiger partial charge in [-0.3, -0.25) is 4.98 Å². The minimum absolute atomic E-state index is 0.0696. The quantitative estimate of drug-likeness (QED) is 0.885. The molecule has 2 rings (SSSR count). The molecule has 0 aliphatic heterocycles. The number of aromatic carboxylic acids is 1. The molecule has 0 unspecified atom stereocenters. The van der Waals surface area contributed by atoms with Crippen LogP contribution in [0.25, 0.3) is 10.9 Å². The van der Waals surface area contributed by atoms with Gasteiger partial charge in [0.25, 0.3) is 0 Å². The lowest BCUT2D eigenvalue weighted by atomic mass is 9.96. The van der Waals surface area contributed by atoms with E-state index >= 15 is 0 Å². The Labute approximate surface area is 112 Å². The molecule has 0 bridgehead atoms. The number of carbonyl (C=O) groups is 1. The van der Waals surface area contributed by atoms with Gasteiger partial charge in [0.05, 0.1) is 11.2 Å². The van der Waals surface area contributed by atoms with Crippen molar-refractivity contribution in [2.75, 3.05) is 11.9 Å². The number of benzene rings is 1. The van der Waals surface area contributed by atoms with Gasteiger partial charge in [0, 0.05) is 18.1 Å². The maximum atomic E-state index is 11.3. The fourth-order valence-electron chi connectivity index (χ4n) is 1.85. The largest absolute Gasteiger partial charge is 0.478 e. The average Bonchev–Trinajstić information content (AvgIpc) is 2.34. The minimum atomic E-state index is -0.963. The van der Waals surface area contributed by atoms with E-state index < -0.39 is 5.97 Å². The first kappa shape index (κ1) is 13.3. The van der Waals surface area contributed by atoms with Gasteiger partial charge < -0.3 is 10.4 Å². The summed E-state index contributed by atoms with van der Waals surface area (Å²) in [5.74, 6) is -0.963. The van der Waals surface area contributed by atoms with Gasteiger partial charge in [-0.25, -0.2) is 4.79 Å².